The second-order valence-electron chi connectivity index (χ2n) is 4.36. The van der Waals surface area contributed by atoms with Crippen molar-refractivity contribution in [3.8, 4) is 11.5 Å². The van der Waals surface area contributed by atoms with Gasteiger partial charge in [-0.1, -0.05) is 0 Å². The first-order valence-electron chi connectivity index (χ1n) is 6.06. The van der Waals surface area contributed by atoms with Crippen molar-refractivity contribution in [3.05, 3.63) is 23.3 Å². The first kappa shape index (κ1) is 10.9. The molecule has 0 fully saturated rings. The van der Waals surface area contributed by atoms with Crippen LogP contribution in [-0.4, -0.2) is 33.5 Å². The molecule has 4 heteroatoms. The van der Waals surface area contributed by atoms with E-state index in [0.717, 1.165) is 24.5 Å². The van der Waals surface area contributed by atoms with Gasteiger partial charge in [0.2, 0.25) is 0 Å². The van der Waals surface area contributed by atoms with Gasteiger partial charge in [-0.2, -0.15) is 0 Å². The number of benzene rings is 1. The lowest BCUT2D eigenvalue weighted by Gasteiger charge is -2.23. The van der Waals surface area contributed by atoms with Gasteiger partial charge in [-0.05, 0) is 36.7 Å². The minimum atomic E-state index is 0.239. The summed E-state index contributed by atoms with van der Waals surface area (Å²) in [6, 6.07) is 4.44. The Kier molecular flexibility index (Phi) is 2.91. The molecule has 0 spiro atoms. The molecule has 3 rings (SSSR count). The first-order valence-corrected chi connectivity index (χ1v) is 6.06. The van der Waals surface area contributed by atoms with E-state index in [2.05, 4.69) is 17.4 Å². The lowest BCUT2D eigenvalue weighted by molar-refractivity contribution is 0.123. The van der Waals surface area contributed by atoms with E-state index in [0.29, 0.717) is 19.8 Å². The van der Waals surface area contributed by atoms with Crippen molar-refractivity contribution in [2.24, 2.45) is 0 Å². The van der Waals surface area contributed by atoms with E-state index in [9.17, 15) is 0 Å². The fraction of sp³-hybridized carbons (Fsp3) is 0.538. The summed E-state index contributed by atoms with van der Waals surface area (Å²) in [4.78, 5) is 0. The van der Waals surface area contributed by atoms with E-state index < -0.39 is 0 Å². The molecule has 1 N–H and O–H groups in total. The molecular weight excluding hydrogens is 218 g/mol. The Hall–Kier alpha value is -1.26. The molecule has 0 aliphatic carbocycles. The Labute approximate surface area is 101 Å². The van der Waals surface area contributed by atoms with Crippen LogP contribution in [0.1, 0.15) is 17.2 Å². The van der Waals surface area contributed by atoms with Crippen LogP contribution in [0.4, 0.5) is 0 Å². The van der Waals surface area contributed by atoms with Gasteiger partial charge in [-0.3, -0.25) is 0 Å². The second kappa shape index (κ2) is 4.55. The average molecular weight is 235 g/mol. The highest BCUT2D eigenvalue weighted by Gasteiger charge is 2.22. The lowest BCUT2D eigenvalue weighted by atomic mass is 9.98. The molecule has 0 aromatic heterocycles. The van der Waals surface area contributed by atoms with Crippen LogP contribution in [-0.2, 0) is 11.2 Å². The Bertz CT molecular complexity index is 419. The molecule has 0 radical (unpaired) electrons. The van der Waals surface area contributed by atoms with Crippen LogP contribution in [0.25, 0.3) is 0 Å². The van der Waals surface area contributed by atoms with Gasteiger partial charge in [-0.15, -0.1) is 0 Å². The number of nitrogens with one attached hydrogen (secondary N) is 1. The molecule has 17 heavy (non-hydrogen) atoms. The van der Waals surface area contributed by atoms with E-state index in [-0.39, 0.29) is 6.04 Å². The number of likely N-dealkylation sites (N-methyl/N-ethyl adjacent to an activating group) is 1. The van der Waals surface area contributed by atoms with Gasteiger partial charge in [0.15, 0.2) is 11.5 Å². The maximum atomic E-state index is 5.63. The third kappa shape index (κ3) is 1.98. The molecule has 1 aromatic carbocycles. The molecule has 2 heterocycles. The molecule has 0 saturated carbocycles. The number of ether oxygens (including phenoxy) is 3. The van der Waals surface area contributed by atoms with Gasteiger partial charge in [0.25, 0.3) is 0 Å². The molecule has 1 atom stereocenters. The van der Waals surface area contributed by atoms with Crippen LogP contribution >= 0.6 is 0 Å². The monoisotopic (exact) mass is 235 g/mol. The standard InChI is InChI=1S/C13H17NO3/c1-14-11-8-15-3-2-9-6-12-13(7-10(9)11)17-5-4-16-12/h6-7,11,14H,2-5,8H2,1H3. The maximum Gasteiger partial charge on any atom is 0.161 e. The van der Waals surface area contributed by atoms with Crippen molar-refractivity contribution in [3.63, 3.8) is 0 Å². The van der Waals surface area contributed by atoms with Gasteiger partial charge in [0, 0.05) is 0 Å². The van der Waals surface area contributed by atoms with E-state index in [1.165, 1.54) is 11.1 Å². The largest absolute Gasteiger partial charge is 0.486 e. The first-order chi connectivity index (χ1) is 8.38. The highest BCUT2D eigenvalue weighted by Crippen LogP contribution is 2.36. The smallest absolute Gasteiger partial charge is 0.161 e. The highest BCUT2D eigenvalue weighted by atomic mass is 16.6. The van der Waals surface area contributed by atoms with Crippen molar-refractivity contribution in [2.75, 3.05) is 33.5 Å². The van der Waals surface area contributed by atoms with Crippen molar-refractivity contribution in [1.29, 1.82) is 0 Å². The fourth-order valence-electron chi connectivity index (χ4n) is 2.40. The van der Waals surface area contributed by atoms with Crippen molar-refractivity contribution >= 4 is 0 Å². The van der Waals surface area contributed by atoms with E-state index in [1.54, 1.807) is 0 Å². The summed E-state index contributed by atoms with van der Waals surface area (Å²) >= 11 is 0. The average Bonchev–Trinajstić information content (AvgIpc) is 2.57. The van der Waals surface area contributed by atoms with Crippen LogP contribution in [0.15, 0.2) is 12.1 Å². The minimum Gasteiger partial charge on any atom is -0.486 e. The van der Waals surface area contributed by atoms with Gasteiger partial charge in [-0.25, -0.2) is 0 Å². The molecule has 0 saturated heterocycles. The van der Waals surface area contributed by atoms with Crippen LogP contribution in [0.2, 0.25) is 0 Å². The van der Waals surface area contributed by atoms with Gasteiger partial charge >= 0.3 is 0 Å². The lowest BCUT2D eigenvalue weighted by Crippen LogP contribution is -2.22. The van der Waals surface area contributed by atoms with Gasteiger partial charge in [0.05, 0.1) is 19.3 Å². The van der Waals surface area contributed by atoms with Gasteiger partial charge < -0.3 is 19.5 Å². The minimum absolute atomic E-state index is 0.239. The predicted molar refractivity (Wildman–Crippen MR) is 63.8 cm³/mol. The molecule has 2 aliphatic rings. The van der Waals surface area contributed by atoms with E-state index >= 15 is 0 Å². The third-order valence-corrected chi connectivity index (χ3v) is 3.33. The topological polar surface area (TPSA) is 39.7 Å². The van der Waals surface area contributed by atoms with Crippen LogP contribution < -0.4 is 14.8 Å². The number of hydrogen-bond acceptors (Lipinski definition) is 4. The number of rotatable bonds is 1. The predicted octanol–water partition coefficient (Wildman–Crippen LogP) is 1.29. The quantitative estimate of drug-likeness (QED) is 0.796. The summed E-state index contributed by atoms with van der Waals surface area (Å²) in [6.45, 7) is 2.75. The summed E-state index contributed by atoms with van der Waals surface area (Å²) in [5.41, 5.74) is 2.57. The number of hydrogen-bond donors (Lipinski definition) is 1. The molecule has 1 aromatic rings. The van der Waals surface area contributed by atoms with E-state index in [1.807, 2.05) is 7.05 Å². The highest BCUT2D eigenvalue weighted by molar-refractivity contribution is 5.49. The van der Waals surface area contributed by atoms with Crippen LogP contribution in [0.3, 0.4) is 0 Å². The molecular formula is C13H17NO3. The summed E-state index contributed by atoms with van der Waals surface area (Å²) in [6.07, 6.45) is 0.935. The van der Waals surface area contributed by atoms with Gasteiger partial charge in [0.1, 0.15) is 13.2 Å². The summed E-state index contributed by atoms with van der Waals surface area (Å²) in [7, 11) is 1.96. The zero-order chi connectivity index (χ0) is 11.7. The molecule has 92 valence electrons. The zero-order valence-electron chi connectivity index (χ0n) is 9.99. The number of fused-ring (bicyclic) bond motifs is 2. The fourth-order valence-corrected chi connectivity index (χ4v) is 2.40. The van der Waals surface area contributed by atoms with Crippen LogP contribution in [0, 0.1) is 0 Å². The Morgan fingerprint density at radius 3 is 2.65 bits per heavy atom. The summed E-state index contributed by atoms with van der Waals surface area (Å²) < 4.78 is 16.8. The SMILES string of the molecule is CNC1COCCc2cc3c(cc21)OCCO3. The van der Waals surface area contributed by atoms with Crippen LogP contribution in [0.5, 0.6) is 11.5 Å². The third-order valence-electron chi connectivity index (χ3n) is 3.33. The Morgan fingerprint density at radius 2 is 1.88 bits per heavy atom. The normalized spacial score (nSPS) is 22.8. The van der Waals surface area contributed by atoms with Crippen molar-refractivity contribution in [2.45, 2.75) is 12.5 Å². The zero-order valence-corrected chi connectivity index (χ0v) is 9.99. The maximum absolute atomic E-state index is 5.63. The molecule has 1 unspecified atom stereocenters. The van der Waals surface area contributed by atoms with Crippen molar-refractivity contribution < 1.29 is 14.2 Å². The summed E-state index contributed by atoms with van der Waals surface area (Å²) in [5.74, 6) is 1.73. The molecule has 0 bridgehead atoms. The molecule has 2 aliphatic heterocycles. The Balaban J connectivity index is 2.04. The molecule has 0 amide bonds. The van der Waals surface area contributed by atoms with E-state index in [4.69, 9.17) is 14.2 Å². The summed E-state index contributed by atoms with van der Waals surface area (Å²) in [5, 5.41) is 3.29. The Morgan fingerprint density at radius 1 is 1.12 bits per heavy atom. The molecule has 4 nitrogen and oxygen atoms in total. The second-order valence-corrected chi connectivity index (χ2v) is 4.36. The van der Waals surface area contributed by atoms with Crippen molar-refractivity contribution in [1.82, 2.24) is 5.32 Å².